The molecule has 0 aromatic rings. The third-order valence-corrected chi connectivity index (χ3v) is 2.12. The fourth-order valence-electron chi connectivity index (χ4n) is 1.43. The van der Waals surface area contributed by atoms with Gasteiger partial charge < -0.3 is 0 Å². The van der Waals surface area contributed by atoms with Gasteiger partial charge in [-0.25, -0.2) is 4.39 Å². The molecule has 1 nitrogen and oxygen atoms in total. The average molecular weight is 145 g/mol. The summed E-state index contributed by atoms with van der Waals surface area (Å²) in [6, 6.07) is 0. The molecule has 1 rings (SSSR count). The molecule has 0 aliphatic carbocycles. The first kappa shape index (κ1) is 7.99. The summed E-state index contributed by atoms with van der Waals surface area (Å²) < 4.78 is 12.1. The van der Waals surface area contributed by atoms with Crippen LogP contribution in [0.15, 0.2) is 0 Å². The van der Waals surface area contributed by atoms with E-state index >= 15 is 0 Å². The van der Waals surface area contributed by atoms with E-state index in [-0.39, 0.29) is 6.80 Å². The number of alkyl halides is 1. The van der Waals surface area contributed by atoms with E-state index in [4.69, 9.17) is 0 Å². The Morgan fingerprint density at radius 1 is 0.900 bits per heavy atom. The van der Waals surface area contributed by atoms with E-state index in [9.17, 15) is 4.39 Å². The molecule has 1 fully saturated rings. The molecule has 0 bridgehead atoms. The molecular weight excluding hydrogens is 129 g/mol. The summed E-state index contributed by atoms with van der Waals surface area (Å²) in [5.74, 6) is 0. The van der Waals surface area contributed by atoms with Crippen molar-refractivity contribution in [1.82, 2.24) is 4.90 Å². The maximum atomic E-state index is 12.1. The second kappa shape index (κ2) is 4.67. The predicted octanol–water partition coefficient (Wildman–Crippen LogP) is 2.18. The summed E-state index contributed by atoms with van der Waals surface area (Å²) in [4.78, 5) is 1.90. The SMILES string of the molecule is FCN1CCCCCCC1. The highest BCUT2D eigenvalue weighted by Crippen LogP contribution is 2.09. The number of halogens is 1. The molecule has 0 radical (unpaired) electrons. The van der Waals surface area contributed by atoms with Gasteiger partial charge in [-0.15, -0.1) is 0 Å². The normalized spacial score (nSPS) is 23.7. The van der Waals surface area contributed by atoms with Gasteiger partial charge in [-0.1, -0.05) is 19.3 Å². The van der Waals surface area contributed by atoms with E-state index in [1.165, 1.54) is 32.1 Å². The van der Waals surface area contributed by atoms with Crippen LogP contribution in [-0.4, -0.2) is 24.8 Å². The Morgan fingerprint density at radius 3 is 1.90 bits per heavy atom. The minimum Gasteiger partial charge on any atom is -0.277 e. The van der Waals surface area contributed by atoms with Crippen LogP contribution in [0, 0.1) is 0 Å². The molecule has 0 N–H and O–H groups in total. The molecular formula is C8H16FN. The van der Waals surface area contributed by atoms with Gasteiger partial charge in [0.1, 0.15) is 6.80 Å². The maximum Gasteiger partial charge on any atom is 0.143 e. The summed E-state index contributed by atoms with van der Waals surface area (Å²) in [5.41, 5.74) is 0. The zero-order valence-electron chi connectivity index (χ0n) is 6.48. The Balaban J connectivity index is 2.16. The lowest BCUT2D eigenvalue weighted by Crippen LogP contribution is -2.26. The molecule has 0 amide bonds. The Hall–Kier alpha value is -0.110. The molecule has 0 saturated carbocycles. The van der Waals surface area contributed by atoms with E-state index in [0.717, 1.165) is 13.1 Å². The Bertz CT molecular complexity index is 77.3. The van der Waals surface area contributed by atoms with E-state index < -0.39 is 0 Å². The monoisotopic (exact) mass is 145 g/mol. The number of rotatable bonds is 1. The second-order valence-electron chi connectivity index (χ2n) is 3.01. The molecule has 1 aliphatic heterocycles. The lowest BCUT2D eigenvalue weighted by Gasteiger charge is -2.20. The lowest BCUT2D eigenvalue weighted by molar-refractivity contribution is 0.171. The maximum absolute atomic E-state index is 12.1. The Kier molecular flexibility index (Phi) is 3.73. The van der Waals surface area contributed by atoms with Crippen LogP contribution in [0.1, 0.15) is 32.1 Å². The molecule has 0 aromatic carbocycles. The zero-order chi connectivity index (χ0) is 7.23. The van der Waals surface area contributed by atoms with Gasteiger partial charge in [-0.2, -0.15) is 0 Å². The molecule has 60 valence electrons. The minimum absolute atomic E-state index is 0.250. The molecule has 1 heterocycles. The van der Waals surface area contributed by atoms with Crippen molar-refractivity contribution in [2.45, 2.75) is 32.1 Å². The van der Waals surface area contributed by atoms with Gasteiger partial charge in [0.2, 0.25) is 0 Å². The highest BCUT2D eigenvalue weighted by molar-refractivity contribution is 4.58. The average Bonchev–Trinajstić information content (AvgIpc) is 1.87. The molecule has 10 heavy (non-hydrogen) atoms. The van der Waals surface area contributed by atoms with Gasteiger partial charge in [-0.3, -0.25) is 4.90 Å². The first-order chi connectivity index (χ1) is 4.93. The first-order valence-electron chi connectivity index (χ1n) is 4.22. The molecule has 2 heteroatoms. The third kappa shape index (κ3) is 2.65. The molecule has 0 spiro atoms. The third-order valence-electron chi connectivity index (χ3n) is 2.12. The van der Waals surface area contributed by atoms with Crippen LogP contribution in [0.4, 0.5) is 4.39 Å². The van der Waals surface area contributed by atoms with E-state index in [2.05, 4.69) is 0 Å². The number of hydrogen-bond acceptors (Lipinski definition) is 1. The first-order valence-corrected chi connectivity index (χ1v) is 4.22. The van der Waals surface area contributed by atoms with Crippen LogP contribution in [0.25, 0.3) is 0 Å². The fraction of sp³-hybridized carbons (Fsp3) is 1.00. The zero-order valence-corrected chi connectivity index (χ0v) is 6.48. The van der Waals surface area contributed by atoms with Crippen LogP contribution < -0.4 is 0 Å². The Morgan fingerprint density at radius 2 is 1.40 bits per heavy atom. The van der Waals surface area contributed by atoms with Crippen molar-refractivity contribution in [3.8, 4) is 0 Å². The van der Waals surface area contributed by atoms with Crippen LogP contribution in [0.3, 0.4) is 0 Å². The van der Waals surface area contributed by atoms with Crippen molar-refractivity contribution in [1.29, 1.82) is 0 Å². The van der Waals surface area contributed by atoms with E-state index in [1.54, 1.807) is 0 Å². The summed E-state index contributed by atoms with van der Waals surface area (Å²) in [6.45, 7) is 1.69. The number of likely N-dealkylation sites (tertiary alicyclic amines) is 1. The van der Waals surface area contributed by atoms with Crippen molar-refractivity contribution in [2.24, 2.45) is 0 Å². The fourth-order valence-corrected chi connectivity index (χ4v) is 1.43. The summed E-state index contributed by atoms with van der Waals surface area (Å²) in [5, 5.41) is 0. The largest absolute Gasteiger partial charge is 0.277 e. The van der Waals surface area contributed by atoms with Crippen molar-refractivity contribution >= 4 is 0 Å². The van der Waals surface area contributed by atoms with Crippen LogP contribution in [0.5, 0.6) is 0 Å². The highest BCUT2D eigenvalue weighted by atomic mass is 19.1. The molecule has 0 unspecified atom stereocenters. The van der Waals surface area contributed by atoms with Gasteiger partial charge in [0.05, 0.1) is 0 Å². The summed E-state index contributed by atoms with van der Waals surface area (Å²) >= 11 is 0. The van der Waals surface area contributed by atoms with Gasteiger partial charge in [0, 0.05) is 13.1 Å². The van der Waals surface area contributed by atoms with Crippen molar-refractivity contribution < 1.29 is 4.39 Å². The van der Waals surface area contributed by atoms with Crippen molar-refractivity contribution in [3.05, 3.63) is 0 Å². The number of hydrogen-bond donors (Lipinski definition) is 0. The molecule has 1 aliphatic rings. The van der Waals surface area contributed by atoms with Crippen LogP contribution >= 0.6 is 0 Å². The molecule has 0 aromatic heterocycles. The van der Waals surface area contributed by atoms with Crippen LogP contribution in [-0.2, 0) is 0 Å². The molecule has 0 atom stereocenters. The van der Waals surface area contributed by atoms with Gasteiger partial charge >= 0.3 is 0 Å². The smallest absolute Gasteiger partial charge is 0.143 e. The minimum atomic E-state index is -0.250. The highest BCUT2D eigenvalue weighted by Gasteiger charge is 2.05. The standard InChI is InChI=1S/C8H16FN/c9-8-10-6-4-2-1-3-5-7-10/h1-8H2. The van der Waals surface area contributed by atoms with Crippen molar-refractivity contribution in [2.75, 3.05) is 19.9 Å². The number of nitrogens with zero attached hydrogens (tertiary/aromatic N) is 1. The quantitative estimate of drug-likeness (QED) is 0.511. The molecule has 1 saturated heterocycles. The van der Waals surface area contributed by atoms with E-state index in [0.29, 0.717) is 0 Å². The van der Waals surface area contributed by atoms with Gasteiger partial charge in [0.25, 0.3) is 0 Å². The second-order valence-corrected chi connectivity index (χ2v) is 3.01. The van der Waals surface area contributed by atoms with Crippen LogP contribution in [0.2, 0.25) is 0 Å². The predicted molar refractivity (Wildman–Crippen MR) is 40.6 cm³/mol. The summed E-state index contributed by atoms with van der Waals surface area (Å²) in [7, 11) is 0. The van der Waals surface area contributed by atoms with Gasteiger partial charge in [-0.05, 0) is 12.8 Å². The topological polar surface area (TPSA) is 3.24 Å². The van der Waals surface area contributed by atoms with E-state index in [1.807, 2.05) is 4.90 Å². The van der Waals surface area contributed by atoms with Crippen molar-refractivity contribution in [3.63, 3.8) is 0 Å². The summed E-state index contributed by atoms with van der Waals surface area (Å²) in [6.07, 6.45) is 6.29. The van der Waals surface area contributed by atoms with Gasteiger partial charge in [0.15, 0.2) is 0 Å². The lowest BCUT2D eigenvalue weighted by atomic mass is 10.1. The Labute approximate surface area is 62.2 Å².